The molecule has 9 nitrogen and oxygen atoms in total. The Kier molecular flexibility index (Phi) is 5.30. The van der Waals surface area contributed by atoms with Crippen molar-refractivity contribution < 1.29 is 4.74 Å². The van der Waals surface area contributed by atoms with E-state index in [0.717, 1.165) is 61.4 Å². The van der Waals surface area contributed by atoms with E-state index in [2.05, 4.69) is 42.5 Å². The predicted molar refractivity (Wildman–Crippen MR) is 120 cm³/mol. The first kappa shape index (κ1) is 20.6. The normalized spacial score (nSPS) is 25.7. The second-order valence-corrected chi connectivity index (χ2v) is 9.74. The number of likely N-dealkylation sites (tertiary alicyclic amines) is 1. The number of fused-ring (bicyclic) bond motifs is 1. The van der Waals surface area contributed by atoms with E-state index in [1.807, 2.05) is 26.1 Å². The smallest absolute Gasteiger partial charge is 0.229 e. The lowest BCUT2D eigenvalue weighted by Gasteiger charge is -2.54. The Morgan fingerprint density at radius 3 is 2.90 bits per heavy atom. The fourth-order valence-corrected chi connectivity index (χ4v) is 5.63. The quantitative estimate of drug-likeness (QED) is 0.747. The molecule has 3 aliphatic rings. The highest BCUT2D eigenvalue weighted by Gasteiger charge is 2.53. The topological polar surface area (TPSA) is 93.4 Å². The fraction of sp³-hybridized carbons (Fsp3) is 0.619. The Morgan fingerprint density at radius 2 is 2.19 bits per heavy atom. The van der Waals surface area contributed by atoms with Gasteiger partial charge in [0.1, 0.15) is 10.8 Å². The molecule has 0 bridgehead atoms. The number of anilines is 3. The van der Waals surface area contributed by atoms with E-state index in [1.165, 1.54) is 11.5 Å². The third-order valence-corrected chi connectivity index (χ3v) is 7.53. The summed E-state index contributed by atoms with van der Waals surface area (Å²) in [7, 11) is 2.18. The van der Waals surface area contributed by atoms with E-state index < -0.39 is 0 Å². The Bertz CT molecular complexity index is 998. The maximum absolute atomic E-state index is 9.58. The van der Waals surface area contributed by atoms with Gasteiger partial charge in [0, 0.05) is 50.5 Å². The number of rotatable bonds is 5. The molecule has 0 spiro atoms. The first-order valence-corrected chi connectivity index (χ1v) is 11.5. The van der Waals surface area contributed by atoms with Crippen molar-refractivity contribution in [3.05, 3.63) is 23.5 Å². The maximum Gasteiger partial charge on any atom is 0.229 e. The number of nitriles is 1. The predicted octanol–water partition coefficient (Wildman–Crippen LogP) is 1.78. The lowest BCUT2D eigenvalue weighted by Crippen LogP contribution is -2.70. The third kappa shape index (κ3) is 3.76. The minimum Gasteiger partial charge on any atom is -0.374 e. The molecule has 2 aromatic rings. The van der Waals surface area contributed by atoms with Gasteiger partial charge in [-0.05, 0) is 38.5 Å². The fourth-order valence-electron chi connectivity index (χ4n) is 4.98. The van der Waals surface area contributed by atoms with Gasteiger partial charge < -0.3 is 15.0 Å². The van der Waals surface area contributed by atoms with E-state index in [1.54, 1.807) is 0 Å². The second-order valence-electron chi connectivity index (χ2n) is 8.94. The molecule has 3 fully saturated rings. The first-order chi connectivity index (χ1) is 15.0. The third-order valence-electron chi connectivity index (χ3n) is 6.74. The number of nitrogens with zero attached hydrogens (tertiary/aromatic N) is 7. The van der Waals surface area contributed by atoms with E-state index >= 15 is 0 Å². The molecule has 1 N–H and O–H groups in total. The molecule has 3 aliphatic heterocycles. The number of aromatic nitrogens is 3. The van der Waals surface area contributed by atoms with E-state index in [0.29, 0.717) is 18.4 Å². The van der Waals surface area contributed by atoms with Crippen LogP contribution in [0.3, 0.4) is 0 Å². The summed E-state index contributed by atoms with van der Waals surface area (Å²) >= 11 is 1.40. The van der Waals surface area contributed by atoms with E-state index in [9.17, 15) is 5.26 Å². The Hall–Kier alpha value is -2.32. The van der Waals surface area contributed by atoms with Crippen LogP contribution >= 0.6 is 11.5 Å². The summed E-state index contributed by atoms with van der Waals surface area (Å²) in [4.78, 5) is 16.4. The van der Waals surface area contributed by atoms with Crippen LogP contribution in [0, 0.1) is 25.2 Å². The Morgan fingerprint density at radius 1 is 1.35 bits per heavy atom. The van der Waals surface area contributed by atoms with Gasteiger partial charge >= 0.3 is 0 Å². The van der Waals surface area contributed by atoms with Gasteiger partial charge in [-0.15, -0.1) is 0 Å². The van der Waals surface area contributed by atoms with Crippen LogP contribution in [0.4, 0.5) is 16.8 Å². The van der Waals surface area contributed by atoms with Crippen LogP contribution in [-0.4, -0.2) is 88.2 Å². The van der Waals surface area contributed by atoms with Crippen molar-refractivity contribution >= 4 is 28.3 Å². The van der Waals surface area contributed by atoms with Crippen molar-refractivity contribution in [2.75, 3.05) is 56.6 Å². The van der Waals surface area contributed by atoms with Crippen LogP contribution in [0.1, 0.15) is 17.7 Å². The van der Waals surface area contributed by atoms with Crippen LogP contribution < -0.4 is 10.2 Å². The zero-order valence-electron chi connectivity index (χ0n) is 18.2. The number of likely N-dealkylation sites (N-methyl/N-ethyl adjacent to an activating group) is 1. The molecule has 0 amide bonds. The van der Waals surface area contributed by atoms with Gasteiger partial charge in [0.25, 0.3) is 0 Å². The summed E-state index contributed by atoms with van der Waals surface area (Å²) in [6.07, 6.45) is 2.61. The number of morpholine rings is 1. The first-order valence-electron chi connectivity index (χ1n) is 10.7. The van der Waals surface area contributed by atoms with Gasteiger partial charge in [-0.3, -0.25) is 9.80 Å². The molecule has 0 aliphatic carbocycles. The molecule has 5 rings (SSSR count). The summed E-state index contributed by atoms with van der Waals surface area (Å²) in [5.41, 5.74) is 1.87. The molecule has 10 heteroatoms. The van der Waals surface area contributed by atoms with Gasteiger partial charge in [-0.25, -0.2) is 4.98 Å². The lowest BCUT2D eigenvalue weighted by atomic mass is 9.84. The monoisotopic (exact) mass is 440 g/mol. The van der Waals surface area contributed by atoms with Gasteiger partial charge in [-0.2, -0.15) is 14.6 Å². The molecule has 31 heavy (non-hydrogen) atoms. The summed E-state index contributed by atoms with van der Waals surface area (Å²) in [6, 6.07) is 4.84. The highest BCUT2D eigenvalue weighted by atomic mass is 32.1. The second kappa shape index (κ2) is 7.98. The molecule has 2 atom stereocenters. The van der Waals surface area contributed by atoms with Gasteiger partial charge in [0.15, 0.2) is 0 Å². The SMILES string of the molecule is Cc1cc(Nc2ncc(C)c(N3CC(CC#N)(N4CC5OCCN(C)C5C4)C3)n2)sn1. The molecular formula is C21H28N8OS. The highest BCUT2D eigenvalue weighted by Crippen LogP contribution is 2.39. The average molecular weight is 441 g/mol. The number of ether oxygens (including phenoxy) is 1. The Labute approximate surface area is 186 Å². The molecule has 2 aromatic heterocycles. The zero-order chi connectivity index (χ0) is 21.6. The highest BCUT2D eigenvalue weighted by molar-refractivity contribution is 7.10. The van der Waals surface area contributed by atoms with E-state index in [4.69, 9.17) is 9.72 Å². The molecule has 0 saturated carbocycles. The Balaban J connectivity index is 1.32. The van der Waals surface area contributed by atoms with Crippen molar-refractivity contribution in [2.45, 2.75) is 38.0 Å². The van der Waals surface area contributed by atoms with Crippen molar-refractivity contribution in [3.8, 4) is 6.07 Å². The van der Waals surface area contributed by atoms with E-state index in [-0.39, 0.29) is 11.6 Å². The van der Waals surface area contributed by atoms with Gasteiger partial charge in [0.05, 0.1) is 36.4 Å². The summed E-state index contributed by atoms with van der Waals surface area (Å²) in [5.74, 6) is 1.50. The molecule has 3 saturated heterocycles. The maximum atomic E-state index is 9.58. The van der Waals surface area contributed by atoms with Gasteiger partial charge in [-0.1, -0.05) is 0 Å². The standard InChI is InChI=1S/C21H28N8OS/c1-14-9-23-20(24-18-8-15(2)26-31-18)25-19(14)28-12-21(13-28,4-5-22)29-10-16-17(11-29)30-7-6-27(16)3/h8-9,16-17H,4,6-7,10-13H2,1-3H3,(H,23,24,25). The summed E-state index contributed by atoms with van der Waals surface area (Å²) < 4.78 is 10.3. The molecule has 2 unspecified atom stereocenters. The van der Waals surface area contributed by atoms with Crippen LogP contribution in [0.2, 0.25) is 0 Å². The number of hydrogen-bond donors (Lipinski definition) is 1. The van der Waals surface area contributed by atoms with Crippen molar-refractivity contribution in [2.24, 2.45) is 0 Å². The molecular weight excluding hydrogens is 412 g/mol. The molecule has 164 valence electrons. The molecule has 0 aromatic carbocycles. The van der Waals surface area contributed by atoms with Crippen molar-refractivity contribution in [1.82, 2.24) is 24.1 Å². The summed E-state index contributed by atoms with van der Waals surface area (Å²) in [6.45, 7) is 9.20. The largest absolute Gasteiger partial charge is 0.374 e. The minimum absolute atomic E-state index is 0.143. The summed E-state index contributed by atoms with van der Waals surface area (Å²) in [5, 5.41) is 13.8. The average Bonchev–Trinajstić information content (AvgIpc) is 3.33. The van der Waals surface area contributed by atoms with Crippen molar-refractivity contribution in [3.63, 3.8) is 0 Å². The van der Waals surface area contributed by atoms with Crippen molar-refractivity contribution in [1.29, 1.82) is 5.26 Å². The molecule has 5 heterocycles. The lowest BCUT2D eigenvalue weighted by molar-refractivity contribution is -0.0381. The number of hydrogen-bond acceptors (Lipinski definition) is 10. The zero-order valence-corrected chi connectivity index (χ0v) is 19.0. The number of nitrogens with one attached hydrogen (secondary N) is 1. The van der Waals surface area contributed by atoms with Crippen LogP contribution in [0.15, 0.2) is 12.3 Å². The van der Waals surface area contributed by atoms with Gasteiger partial charge in [0.2, 0.25) is 5.95 Å². The van der Waals surface area contributed by atoms with Crippen LogP contribution in [-0.2, 0) is 4.74 Å². The van der Waals surface area contributed by atoms with Crippen LogP contribution in [0.5, 0.6) is 0 Å². The minimum atomic E-state index is -0.143. The molecule has 0 radical (unpaired) electrons. The van der Waals surface area contributed by atoms with Crippen LogP contribution in [0.25, 0.3) is 0 Å². The number of aryl methyl sites for hydroxylation is 2.